The molecule has 1 aromatic heterocycles. The number of rotatable bonds is 8. The topological polar surface area (TPSA) is 93.4 Å². The molecule has 7 nitrogen and oxygen atoms in total. The third-order valence-corrected chi connectivity index (χ3v) is 10.3. The summed E-state index contributed by atoms with van der Waals surface area (Å²) in [5.41, 5.74) is 9.76. The van der Waals surface area contributed by atoms with Gasteiger partial charge in [-0.05, 0) is 0 Å². The normalized spacial score (nSPS) is 14.2. The number of fused-ring (bicyclic) bond motifs is 1. The quantitative estimate of drug-likeness (QED) is 0.383. The zero-order valence-electron chi connectivity index (χ0n) is 19.7. The molecule has 1 atom stereocenters. The summed E-state index contributed by atoms with van der Waals surface area (Å²) in [5, 5.41) is 3.29. The molecule has 0 saturated carbocycles. The molecule has 1 aliphatic heterocycles. The number of aryl methyl sites for hydroxylation is 1. The summed E-state index contributed by atoms with van der Waals surface area (Å²) in [4.78, 5) is 23.4. The summed E-state index contributed by atoms with van der Waals surface area (Å²) < 4.78 is 21.8. The van der Waals surface area contributed by atoms with Gasteiger partial charge in [0.05, 0.1) is 0 Å². The Balaban J connectivity index is 1.54. The third-order valence-electron chi connectivity index (χ3n) is 6.06. The predicted octanol–water partition coefficient (Wildman–Crippen LogP) is 1.96. The van der Waals surface area contributed by atoms with Crippen molar-refractivity contribution in [2.75, 3.05) is 38.7 Å². The first-order valence-electron chi connectivity index (χ1n) is 11.3. The fourth-order valence-electron chi connectivity index (χ4n) is 4.06. The Kier molecular flexibility index (Phi) is 8.54. The van der Waals surface area contributed by atoms with Gasteiger partial charge < -0.3 is 4.74 Å². The molecule has 1 aliphatic rings. The van der Waals surface area contributed by atoms with Gasteiger partial charge in [0.15, 0.2) is 0 Å². The number of aromatic nitrogens is 2. The van der Waals surface area contributed by atoms with E-state index in [2.05, 4.69) is 48.2 Å². The van der Waals surface area contributed by atoms with Gasteiger partial charge in [0.2, 0.25) is 0 Å². The summed E-state index contributed by atoms with van der Waals surface area (Å²) in [6, 6.07) is 9.51. The molecule has 2 aromatic carbocycles. The van der Waals surface area contributed by atoms with Crippen LogP contribution >= 0.6 is 15.9 Å². The SMILES string of the molecule is COCCN1CCc2ccc(Nc3ncc(Br)c([AsH]c4c(C(N)=O)ccc(C)c4F)n3)cc2CC1. The Labute approximate surface area is 219 Å². The van der Waals surface area contributed by atoms with Crippen LogP contribution in [0.15, 0.2) is 41.0 Å². The van der Waals surface area contributed by atoms with E-state index in [-0.39, 0.29) is 5.56 Å². The number of carbonyl (C=O) groups excluding carboxylic acids is 1. The molecule has 0 fully saturated rings. The molecule has 0 bridgehead atoms. The number of benzene rings is 2. The third kappa shape index (κ3) is 6.28. The number of methoxy groups -OCH3 is 1. The van der Waals surface area contributed by atoms with Crippen molar-refractivity contribution in [2.45, 2.75) is 19.8 Å². The van der Waals surface area contributed by atoms with Crippen molar-refractivity contribution in [3.63, 3.8) is 0 Å². The van der Waals surface area contributed by atoms with Crippen LogP contribution in [0.5, 0.6) is 0 Å². The number of carbonyl (C=O) groups is 1. The second kappa shape index (κ2) is 11.6. The standard InChI is InChI=1S/C25H28AsBrFN5O2/c1-15-3-6-19(24(29)34)21(22(15)28)26-23-20(27)14-30-25(32-23)31-18-5-4-16-7-9-33(11-12-35-2)10-8-17(16)13-18/h3-6,13-14,26H,7-12H2,1-2H3,(H2,29,34)(H,30,31,32). The minimum absolute atomic E-state index is 0.207. The zero-order valence-corrected chi connectivity index (χ0v) is 23.4. The zero-order chi connectivity index (χ0) is 24.9. The number of hydrogen-bond acceptors (Lipinski definition) is 6. The van der Waals surface area contributed by atoms with Crippen LogP contribution in [-0.2, 0) is 17.6 Å². The number of hydrogen-bond donors (Lipinski definition) is 2. The molecule has 1 unspecified atom stereocenters. The van der Waals surface area contributed by atoms with E-state index in [1.165, 1.54) is 11.1 Å². The Morgan fingerprint density at radius 2 is 2.03 bits per heavy atom. The molecule has 0 aliphatic carbocycles. The molecule has 2 heterocycles. The Morgan fingerprint density at radius 1 is 1.26 bits per heavy atom. The van der Waals surface area contributed by atoms with E-state index in [1.807, 2.05) is 6.07 Å². The Bertz CT molecular complexity index is 1240. The van der Waals surface area contributed by atoms with Gasteiger partial charge in [-0.15, -0.1) is 0 Å². The van der Waals surface area contributed by atoms with E-state index in [0.717, 1.165) is 44.8 Å². The van der Waals surface area contributed by atoms with E-state index >= 15 is 0 Å². The molecule has 0 radical (unpaired) electrons. The maximum atomic E-state index is 14.9. The average Bonchev–Trinajstić information content (AvgIpc) is 3.04. The van der Waals surface area contributed by atoms with Crippen molar-refractivity contribution in [3.05, 3.63) is 69.1 Å². The summed E-state index contributed by atoms with van der Waals surface area (Å²) in [6.45, 7) is 5.37. The van der Waals surface area contributed by atoms with Crippen molar-refractivity contribution >= 4 is 58.1 Å². The van der Waals surface area contributed by atoms with Gasteiger partial charge in [-0.2, -0.15) is 0 Å². The van der Waals surface area contributed by atoms with Crippen LogP contribution in [0.2, 0.25) is 0 Å². The second-order valence-corrected chi connectivity index (χ2v) is 11.9. The molecule has 3 N–H and O–H groups in total. The molecule has 35 heavy (non-hydrogen) atoms. The monoisotopic (exact) mass is 603 g/mol. The number of anilines is 2. The fourth-order valence-corrected chi connectivity index (χ4v) is 7.35. The fraction of sp³-hybridized carbons (Fsp3) is 0.320. The number of nitrogens with zero attached hydrogens (tertiary/aromatic N) is 3. The van der Waals surface area contributed by atoms with E-state index in [1.54, 1.807) is 32.4 Å². The summed E-state index contributed by atoms with van der Waals surface area (Å²) >= 11 is 2.19. The van der Waals surface area contributed by atoms with E-state index < -0.39 is 27.5 Å². The predicted molar refractivity (Wildman–Crippen MR) is 141 cm³/mol. The first kappa shape index (κ1) is 25.8. The van der Waals surface area contributed by atoms with Gasteiger partial charge in [0, 0.05) is 7.11 Å². The molecular formula is C25H28AsBrFN5O2. The van der Waals surface area contributed by atoms with Crippen LogP contribution in [0.25, 0.3) is 0 Å². The first-order chi connectivity index (χ1) is 16.9. The minimum atomic E-state index is -1.30. The summed E-state index contributed by atoms with van der Waals surface area (Å²) in [7, 11) is 1.73. The number of primary amides is 1. The Hall–Kier alpha value is -2.32. The molecule has 10 heteroatoms. The molecule has 3 aromatic rings. The van der Waals surface area contributed by atoms with Crippen molar-refractivity contribution < 1.29 is 13.9 Å². The van der Waals surface area contributed by atoms with E-state index in [4.69, 9.17) is 10.5 Å². The van der Waals surface area contributed by atoms with E-state index in [0.29, 0.717) is 24.8 Å². The van der Waals surface area contributed by atoms with Crippen LogP contribution in [0, 0.1) is 12.7 Å². The van der Waals surface area contributed by atoms with Crippen molar-refractivity contribution in [2.24, 2.45) is 5.73 Å². The van der Waals surface area contributed by atoms with Crippen LogP contribution in [0.3, 0.4) is 0 Å². The van der Waals surface area contributed by atoms with Crippen LogP contribution < -0.4 is 19.9 Å². The molecule has 4 rings (SSSR count). The van der Waals surface area contributed by atoms with Gasteiger partial charge in [-0.25, -0.2) is 0 Å². The number of amides is 1. The van der Waals surface area contributed by atoms with Crippen molar-refractivity contribution in [3.8, 4) is 0 Å². The van der Waals surface area contributed by atoms with Gasteiger partial charge in [-0.1, -0.05) is 0 Å². The number of ether oxygens (including phenoxy) is 1. The van der Waals surface area contributed by atoms with Crippen LogP contribution in [0.1, 0.15) is 27.0 Å². The van der Waals surface area contributed by atoms with Gasteiger partial charge >= 0.3 is 208 Å². The average molecular weight is 604 g/mol. The molecule has 0 saturated heterocycles. The summed E-state index contributed by atoms with van der Waals surface area (Å²) in [6.07, 6.45) is 3.63. The Morgan fingerprint density at radius 3 is 2.77 bits per heavy atom. The van der Waals surface area contributed by atoms with E-state index in [9.17, 15) is 9.18 Å². The van der Waals surface area contributed by atoms with Gasteiger partial charge in [0.25, 0.3) is 0 Å². The molecule has 184 valence electrons. The van der Waals surface area contributed by atoms with Crippen LogP contribution in [-0.4, -0.2) is 69.9 Å². The number of halogens is 2. The number of nitrogens with two attached hydrogens (primary N) is 1. The molecule has 1 amide bonds. The first-order valence-corrected chi connectivity index (χ1v) is 14.2. The number of nitrogens with one attached hydrogen (secondary N) is 1. The second-order valence-electron chi connectivity index (χ2n) is 8.44. The maximum absolute atomic E-state index is 14.9. The molecular weight excluding hydrogens is 576 g/mol. The van der Waals surface area contributed by atoms with Crippen molar-refractivity contribution in [1.29, 1.82) is 0 Å². The van der Waals surface area contributed by atoms with Gasteiger partial charge in [0.1, 0.15) is 0 Å². The van der Waals surface area contributed by atoms with Gasteiger partial charge in [-0.3, -0.25) is 0 Å². The summed E-state index contributed by atoms with van der Waals surface area (Å²) in [5.74, 6) is -0.612. The van der Waals surface area contributed by atoms with Crippen molar-refractivity contribution in [1.82, 2.24) is 14.9 Å². The molecule has 0 spiro atoms. The van der Waals surface area contributed by atoms with Crippen LogP contribution in [0.4, 0.5) is 16.0 Å².